The third-order valence-electron chi connectivity index (χ3n) is 4.56. The quantitative estimate of drug-likeness (QED) is 0.638. The molecule has 0 bridgehead atoms. The molecule has 1 fully saturated rings. The Morgan fingerprint density at radius 3 is 2.46 bits per heavy atom. The fourth-order valence-electron chi connectivity index (χ4n) is 3.02. The number of rotatable bonds is 5. The van der Waals surface area contributed by atoms with Crippen LogP contribution in [0.5, 0.6) is 0 Å². The Kier molecular flexibility index (Phi) is 6.35. The number of nitrogens with one attached hydrogen (secondary N) is 1. The first-order valence-corrected chi connectivity index (χ1v) is 8.94. The monoisotopic (exact) mass is 382 g/mol. The number of carbonyl (C=O) groups is 1. The molecule has 0 saturated carbocycles. The molecule has 1 saturated heterocycles. The first-order chi connectivity index (χ1) is 13.6. The molecule has 0 atom stereocenters. The summed E-state index contributed by atoms with van der Waals surface area (Å²) < 4.78 is 26.6. The van der Waals surface area contributed by atoms with Gasteiger partial charge in [-0.25, -0.2) is 8.78 Å². The van der Waals surface area contributed by atoms with Gasteiger partial charge in [-0.2, -0.15) is 5.26 Å². The smallest absolute Gasteiger partial charge is 0.266 e. The van der Waals surface area contributed by atoms with Crippen molar-refractivity contribution >= 4 is 11.6 Å². The van der Waals surface area contributed by atoms with Gasteiger partial charge in [0, 0.05) is 45.0 Å². The lowest BCUT2D eigenvalue weighted by atomic mass is 10.2. The maximum atomic E-state index is 13.7. The van der Waals surface area contributed by atoms with Crippen molar-refractivity contribution in [2.24, 2.45) is 0 Å². The zero-order chi connectivity index (χ0) is 19.9. The highest BCUT2D eigenvalue weighted by Gasteiger charge is 2.23. The number of hydrogen-bond acceptors (Lipinski definition) is 4. The van der Waals surface area contributed by atoms with E-state index in [2.05, 4.69) is 22.3 Å². The molecule has 1 heterocycles. The number of amides is 1. The van der Waals surface area contributed by atoms with E-state index in [-0.39, 0.29) is 11.3 Å². The third-order valence-corrected chi connectivity index (χ3v) is 4.56. The standard InChI is InChI=1S/C21H20F2N4O/c22-18-6-7-20(19(23)12-18)25-14-17(13-24)21(28)27-10-8-26(9-11-27)15-16-4-2-1-3-5-16/h1-7,12,14,25H,8-11,15H2/b17-14-. The molecule has 0 spiro atoms. The Balaban J connectivity index is 1.57. The fourth-order valence-corrected chi connectivity index (χ4v) is 3.02. The highest BCUT2D eigenvalue weighted by Crippen LogP contribution is 2.16. The molecule has 0 aromatic heterocycles. The molecule has 7 heteroatoms. The Labute approximate surface area is 162 Å². The largest absolute Gasteiger partial charge is 0.358 e. The molecular weight excluding hydrogens is 362 g/mol. The molecule has 0 radical (unpaired) electrons. The van der Waals surface area contributed by atoms with Gasteiger partial charge in [0.05, 0.1) is 5.69 Å². The summed E-state index contributed by atoms with van der Waals surface area (Å²) >= 11 is 0. The van der Waals surface area contributed by atoms with Crippen LogP contribution in [0, 0.1) is 23.0 Å². The van der Waals surface area contributed by atoms with Crippen LogP contribution in [-0.2, 0) is 11.3 Å². The zero-order valence-electron chi connectivity index (χ0n) is 15.2. The summed E-state index contributed by atoms with van der Waals surface area (Å²) in [5.41, 5.74) is 1.08. The molecule has 144 valence electrons. The summed E-state index contributed by atoms with van der Waals surface area (Å²) in [7, 11) is 0. The minimum Gasteiger partial charge on any atom is -0.358 e. The predicted molar refractivity (Wildman–Crippen MR) is 102 cm³/mol. The molecule has 0 unspecified atom stereocenters. The summed E-state index contributed by atoms with van der Waals surface area (Å²) in [6, 6.07) is 15.0. The van der Waals surface area contributed by atoms with Crippen LogP contribution in [0.2, 0.25) is 0 Å². The lowest BCUT2D eigenvalue weighted by molar-refractivity contribution is -0.128. The van der Waals surface area contributed by atoms with Gasteiger partial charge in [-0.3, -0.25) is 9.69 Å². The van der Waals surface area contributed by atoms with E-state index in [9.17, 15) is 18.8 Å². The first-order valence-electron chi connectivity index (χ1n) is 8.94. The highest BCUT2D eigenvalue weighted by atomic mass is 19.1. The third kappa shape index (κ3) is 4.93. The maximum absolute atomic E-state index is 13.7. The number of carbonyl (C=O) groups excluding carboxylic acids is 1. The molecule has 2 aromatic carbocycles. The number of benzene rings is 2. The van der Waals surface area contributed by atoms with Crippen LogP contribution in [0.1, 0.15) is 5.56 Å². The number of piperazine rings is 1. The molecule has 2 aromatic rings. The number of nitriles is 1. The SMILES string of the molecule is N#C/C(=C/Nc1ccc(F)cc1F)C(=O)N1CCN(Cc2ccccc2)CC1. The van der Waals surface area contributed by atoms with E-state index in [0.29, 0.717) is 26.2 Å². The van der Waals surface area contributed by atoms with Crippen LogP contribution in [-0.4, -0.2) is 41.9 Å². The van der Waals surface area contributed by atoms with Crippen molar-refractivity contribution in [2.45, 2.75) is 6.54 Å². The summed E-state index contributed by atoms with van der Waals surface area (Å²) in [5, 5.41) is 11.9. The van der Waals surface area contributed by atoms with Gasteiger partial charge in [-0.15, -0.1) is 0 Å². The van der Waals surface area contributed by atoms with Crippen LogP contribution in [0.4, 0.5) is 14.5 Å². The zero-order valence-corrected chi connectivity index (χ0v) is 15.2. The van der Waals surface area contributed by atoms with Gasteiger partial charge in [0.25, 0.3) is 5.91 Å². The van der Waals surface area contributed by atoms with E-state index in [0.717, 1.165) is 24.9 Å². The summed E-state index contributed by atoms with van der Waals surface area (Å²) in [6.07, 6.45) is 1.16. The van der Waals surface area contributed by atoms with Crippen molar-refractivity contribution in [2.75, 3.05) is 31.5 Å². The van der Waals surface area contributed by atoms with E-state index in [1.54, 1.807) is 4.90 Å². The lowest BCUT2D eigenvalue weighted by Gasteiger charge is -2.34. The van der Waals surface area contributed by atoms with Crippen LogP contribution < -0.4 is 5.32 Å². The molecule has 1 aliphatic heterocycles. The number of hydrogen-bond donors (Lipinski definition) is 1. The van der Waals surface area contributed by atoms with Gasteiger partial charge in [-0.1, -0.05) is 30.3 Å². The van der Waals surface area contributed by atoms with Gasteiger partial charge < -0.3 is 10.2 Å². The van der Waals surface area contributed by atoms with Crippen molar-refractivity contribution in [3.63, 3.8) is 0 Å². The summed E-state index contributed by atoms with van der Waals surface area (Å²) in [4.78, 5) is 16.4. The average Bonchev–Trinajstić information content (AvgIpc) is 2.71. The van der Waals surface area contributed by atoms with Crippen LogP contribution in [0.15, 0.2) is 60.3 Å². The van der Waals surface area contributed by atoms with Crippen molar-refractivity contribution in [3.05, 3.63) is 77.5 Å². The molecule has 3 rings (SSSR count). The molecule has 0 aliphatic carbocycles. The Bertz CT molecular complexity index is 900. The maximum Gasteiger partial charge on any atom is 0.266 e. The van der Waals surface area contributed by atoms with Crippen LogP contribution >= 0.6 is 0 Å². The number of anilines is 1. The normalized spacial score (nSPS) is 15.2. The first kappa shape index (κ1) is 19.5. The summed E-state index contributed by atoms with van der Waals surface area (Å²) in [6.45, 7) is 3.25. The van der Waals surface area contributed by atoms with Crippen molar-refractivity contribution in [1.29, 1.82) is 5.26 Å². The van der Waals surface area contributed by atoms with E-state index < -0.39 is 17.5 Å². The van der Waals surface area contributed by atoms with E-state index in [4.69, 9.17) is 0 Å². The molecule has 1 aliphatic rings. The molecule has 28 heavy (non-hydrogen) atoms. The molecular formula is C21H20F2N4O. The predicted octanol–water partition coefficient (Wildman–Crippen LogP) is 3.13. The van der Waals surface area contributed by atoms with Crippen molar-refractivity contribution in [3.8, 4) is 6.07 Å². The van der Waals surface area contributed by atoms with E-state index in [1.807, 2.05) is 24.3 Å². The number of halogens is 2. The Morgan fingerprint density at radius 1 is 1.11 bits per heavy atom. The van der Waals surface area contributed by atoms with E-state index >= 15 is 0 Å². The molecule has 5 nitrogen and oxygen atoms in total. The Hall–Kier alpha value is -3.24. The fraction of sp³-hybridized carbons (Fsp3) is 0.238. The second-order valence-electron chi connectivity index (χ2n) is 6.49. The van der Waals surface area contributed by atoms with Gasteiger partial charge in [0.1, 0.15) is 23.3 Å². The highest BCUT2D eigenvalue weighted by molar-refractivity contribution is 5.97. The van der Waals surface area contributed by atoms with Gasteiger partial charge in [0.2, 0.25) is 0 Å². The van der Waals surface area contributed by atoms with Gasteiger partial charge in [-0.05, 0) is 17.7 Å². The van der Waals surface area contributed by atoms with Crippen LogP contribution in [0.3, 0.4) is 0 Å². The van der Waals surface area contributed by atoms with Gasteiger partial charge >= 0.3 is 0 Å². The summed E-state index contributed by atoms with van der Waals surface area (Å²) in [5.74, 6) is -1.90. The lowest BCUT2D eigenvalue weighted by Crippen LogP contribution is -2.48. The average molecular weight is 382 g/mol. The van der Waals surface area contributed by atoms with E-state index in [1.165, 1.54) is 11.6 Å². The second-order valence-corrected chi connectivity index (χ2v) is 6.49. The van der Waals surface area contributed by atoms with Crippen LogP contribution in [0.25, 0.3) is 0 Å². The molecule has 1 N–H and O–H groups in total. The minimum atomic E-state index is -0.796. The van der Waals surface area contributed by atoms with Gasteiger partial charge in [0.15, 0.2) is 0 Å². The molecule has 1 amide bonds. The Morgan fingerprint density at radius 2 is 1.82 bits per heavy atom. The second kappa shape index (κ2) is 9.11. The number of nitrogens with zero attached hydrogens (tertiary/aromatic N) is 3. The topological polar surface area (TPSA) is 59.4 Å². The minimum absolute atomic E-state index is 0.00497. The van der Waals surface area contributed by atoms with Crippen molar-refractivity contribution in [1.82, 2.24) is 9.80 Å². The van der Waals surface area contributed by atoms with Crippen molar-refractivity contribution < 1.29 is 13.6 Å².